The van der Waals surface area contributed by atoms with Crippen LogP contribution in [0.4, 0.5) is 0 Å². The normalized spacial score (nSPS) is 10.1. The number of aromatic nitrogens is 1. The summed E-state index contributed by atoms with van der Waals surface area (Å²) < 4.78 is 5.85. The minimum atomic E-state index is 0.574. The zero-order valence-electron chi connectivity index (χ0n) is 12.9. The van der Waals surface area contributed by atoms with E-state index in [1.165, 1.54) is 0 Å². The van der Waals surface area contributed by atoms with Crippen LogP contribution in [-0.2, 0) is 6.54 Å². The molecule has 4 heteroatoms. The molecule has 3 aromatic rings. The lowest BCUT2D eigenvalue weighted by atomic mass is 10.1. The highest BCUT2D eigenvalue weighted by Crippen LogP contribution is 2.26. The van der Waals surface area contributed by atoms with Crippen molar-refractivity contribution in [3.8, 4) is 22.8 Å². The molecule has 4 nitrogen and oxygen atoms in total. The molecule has 0 aliphatic heterocycles. The number of nitrogens with zero attached hydrogens (tertiary/aromatic N) is 3. The van der Waals surface area contributed by atoms with Crippen molar-refractivity contribution >= 4 is 6.01 Å². The van der Waals surface area contributed by atoms with Gasteiger partial charge < -0.3 is 4.42 Å². The van der Waals surface area contributed by atoms with Gasteiger partial charge in [0, 0.05) is 17.7 Å². The molecule has 0 spiro atoms. The summed E-state index contributed by atoms with van der Waals surface area (Å²) in [6.07, 6.45) is 1.75. The Kier molecular flexibility index (Phi) is 4.77. The molecule has 0 radical (unpaired) electrons. The van der Waals surface area contributed by atoms with Crippen molar-refractivity contribution in [1.82, 2.24) is 4.98 Å². The molecule has 0 aliphatic carbocycles. The van der Waals surface area contributed by atoms with Gasteiger partial charge in [-0.3, -0.25) is 0 Å². The predicted molar refractivity (Wildman–Crippen MR) is 91.5 cm³/mol. The Morgan fingerprint density at radius 3 is 2.48 bits per heavy atom. The average molecular weight is 303 g/mol. The molecular weight excluding hydrogens is 286 g/mol. The molecule has 0 atom stereocenters. The summed E-state index contributed by atoms with van der Waals surface area (Å²) in [7, 11) is 0. The maximum absolute atomic E-state index is 5.85. The van der Waals surface area contributed by atoms with Crippen LogP contribution < -0.4 is 0 Å². The highest BCUT2D eigenvalue weighted by Gasteiger charge is 2.08. The van der Waals surface area contributed by atoms with Crippen LogP contribution in [0.2, 0.25) is 0 Å². The summed E-state index contributed by atoms with van der Waals surface area (Å²) in [5.74, 6) is 1.39. The van der Waals surface area contributed by atoms with Gasteiger partial charge in [0.25, 0.3) is 0 Å². The first-order chi connectivity index (χ1) is 11.4. The molecule has 1 heterocycles. The summed E-state index contributed by atoms with van der Waals surface area (Å²) in [5.41, 5.74) is 3.07. The highest BCUT2D eigenvalue weighted by atomic mass is 16.4. The largest absolute Gasteiger partial charge is 0.436 e. The van der Waals surface area contributed by atoms with E-state index in [1.807, 2.05) is 61.5 Å². The van der Waals surface area contributed by atoms with Gasteiger partial charge in [0.15, 0.2) is 5.76 Å². The second kappa shape index (κ2) is 7.34. The maximum Gasteiger partial charge on any atom is 0.226 e. The summed E-state index contributed by atoms with van der Waals surface area (Å²) in [6, 6.07) is 20.6. The Bertz CT molecular complexity index is 813. The van der Waals surface area contributed by atoms with Crippen LogP contribution in [0.15, 0.2) is 75.2 Å². The van der Waals surface area contributed by atoms with E-state index in [0.717, 1.165) is 22.5 Å². The molecule has 0 bridgehead atoms. The first kappa shape index (κ1) is 14.9. The molecule has 114 valence electrons. The van der Waals surface area contributed by atoms with E-state index >= 15 is 0 Å². The van der Waals surface area contributed by atoms with Crippen LogP contribution in [0.25, 0.3) is 22.8 Å². The molecule has 0 amide bonds. The van der Waals surface area contributed by atoms with Crippen molar-refractivity contribution in [1.29, 1.82) is 0 Å². The van der Waals surface area contributed by atoms with E-state index in [4.69, 9.17) is 4.42 Å². The van der Waals surface area contributed by atoms with Crippen molar-refractivity contribution in [3.63, 3.8) is 0 Å². The fraction of sp³-hybridized carbons (Fsp3) is 0.158. The molecule has 2 aromatic carbocycles. The molecule has 0 saturated carbocycles. The van der Waals surface area contributed by atoms with Crippen molar-refractivity contribution in [2.24, 2.45) is 9.98 Å². The lowest BCUT2D eigenvalue weighted by molar-refractivity contribution is 0.589. The van der Waals surface area contributed by atoms with Gasteiger partial charge in [0.2, 0.25) is 5.89 Å². The molecular formula is C19H17N3O. The number of rotatable bonds is 5. The molecule has 0 aliphatic rings. The van der Waals surface area contributed by atoms with Crippen molar-refractivity contribution in [3.05, 3.63) is 66.4 Å². The first-order valence-corrected chi connectivity index (χ1v) is 7.55. The fourth-order valence-corrected chi connectivity index (χ4v) is 2.14. The second-order valence-electron chi connectivity index (χ2n) is 4.98. The second-order valence-corrected chi connectivity index (χ2v) is 4.98. The van der Waals surface area contributed by atoms with Gasteiger partial charge in [0.05, 0.1) is 18.7 Å². The quantitative estimate of drug-likeness (QED) is 0.641. The zero-order valence-corrected chi connectivity index (χ0v) is 12.9. The Morgan fingerprint density at radius 2 is 1.74 bits per heavy atom. The van der Waals surface area contributed by atoms with Crippen molar-refractivity contribution in [2.75, 3.05) is 6.54 Å². The zero-order chi connectivity index (χ0) is 15.9. The lowest BCUT2D eigenvalue weighted by Gasteiger charge is -1.99. The third kappa shape index (κ3) is 3.82. The monoisotopic (exact) mass is 303 g/mol. The van der Waals surface area contributed by atoms with Crippen LogP contribution in [0.3, 0.4) is 0 Å². The number of hydrogen-bond acceptors (Lipinski definition) is 4. The van der Waals surface area contributed by atoms with Gasteiger partial charge >= 0.3 is 0 Å². The van der Waals surface area contributed by atoms with Crippen molar-refractivity contribution < 1.29 is 4.42 Å². The minimum Gasteiger partial charge on any atom is -0.436 e. The van der Waals surface area contributed by atoms with E-state index < -0.39 is 0 Å². The van der Waals surface area contributed by atoms with E-state index in [9.17, 15) is 0 Å². The third-order valence-electron chi connectivity index (χ3n) is 3.33. The molecule has 0 N–H and O–H groups in total. The summed E-state index contributed by atoms with van der Waals surface area (Å²) in [6.45, 7) is 3.23. The van der Waals surface area contributed by atoms with Gasteiger partial charge in [-0.05, 0) is 24.6 Å². The average Bonchev–Trinajstić information content (AvgIpc) is 3.10. The van der Waals surface area contributed by atoms with Gasteiger partial charge in [-0.15, -0.1) is 0 Å². The first-order valence-electron chi connectivity index (χ1n) is 7.55. The molecule has 1 aromatic heterocycles. The highest BCUT2D eigenvalue weighted by molar-refractivity contribution is 5.61. The van der Waals surface area contributed by atoms with E-state index in [-0.39, 0.29) is 0 Å². The van der Waals surface area contributed by atoms with E-state index in [2.05, 4.69) is 21.0 Å². The molecule has 0 saturated heterocycles. The van der Waals surface area contributed by atoms with Crippen LogP contribution >= 0.6 is 0 Å². The van der Waals surface area contributed by atoms with E-state index in [1.54, 1.807) is 6.20 Å². The Morgan fingerprint density at radius 1 is 0.957 bits per heavy atom. The summed E-state index contributed by atoms with van der Waals surface area (Å²) in [5, 5.41) is 0. The maximum atomic E-state index is 5.85. The third-order valence-corrected chi connectivity index (χ3v) is 3.33. The number of aliphatic imine (C=N–C) groups is 2. The molecule has 0 fully saturated rings. The Balaban J connectivity index is 1.75. The predicted octanol–water partition coefficient (Wildman–Crippen LogP) is 4.70. The van der Waals surface area contributed by atoms with Gasteiger partial charge in [0.1, 0.15) is 0 Å². The van der Waals surface area contributed by atoms with Gasteiger partial charge in [-0.2, -0.15) is 0 Å². The van der Waals surface area contributed by atoms with Gasteiger partial charge in [-0.25, -0.2) is 15.0 Å². The summed E-state index contributed by atoms with van der Waals surface area (Å²) >= 11 is 0. The molecule has 23 heavy (non-hydrogen) atoms. The Labute approximate surface area is 135 Å². The SMILES string of the molecule is CCN=C=NCc1ccc(-c2ncc(-c3ccccc3)o2)cc1. The van der Waals surface area contributed by atoms with Crippen molar-refractivity contribution in [2.45, 2.75) is 13.5 Å². The number of benzene rings is 2. The standard InChI is InChI=1S/C19H17N3O/c1-2-20-14-21-12-15-8-10-17(11-9-15)19-22-13-18(23-19)16-6-4-3-5-7-16/h3-11,13H,2,12H2,1H3. The van der Waals surface area contributed by atoms with Crippen LogP contribution in [0, 0.1) is 0 Å². The fourth-order valence-electron chi connectivity index (χ4n) is 2.14. The molecule has 3 rings (SSSR count). The smallest absolute Gasteiger partial charge is 0.226 e. The van der Waals surface area contributed by atoms with Gasteiger partial charge in [-0.1, -0.05) is 42.5 Å². The topological polar surface area (TPSA) is 50.8 Å². The van der Waals surface area contributed by atoms with Crippen LogP contribution in [0.5, 0.6) is 0 Å². The Hall–Kier alpha value is -2.97. The van der Waals surface area contributed by atoms with Crippen LogP contribution in [0.1, 0.15) is 12.5 Å². The van der Waals surface area contributed by atoms with E-state index in [0.29, 0.717) is 19.0 Å². The summed E-state index contributed by atoms with van der Waals surface area (Å²) in [4.78, 5) is 12.4. The number of oxazole rings is 1. The van der Waals surface area contributed by atoms with Crippen LogP contribution in [-0.4, -0.2) is 17.5 Å². The number of hydrogen-bond donors (Lipinski definition) is 0. The lowest BCUT2D eigenvalue weighted by Crippen LogP contribution is -1.82. The molecule has 0 unspecified atom stereocenters. The minimum absolute atomic E-state index is 0.574.